The van der Waals surface area contributed by atoms with E-state index in [-0.39, 0.29) is 0 Å². The number of hydrogen-bond acceptors (Lipinski definition) is 4. The highest BCUT2D eigenvalue weighted by molar-refractivity contribution is 5.92. The molecule has 2 aliphatic rings. The van der Waals surface area contributed by atoms with Crippen molar-refractivity contribution in [2.75, 3.05) is 0 Å². The second-order valence-electron chi connectivity index (χ2n) is 5.62. The average Bonchev–Trinajstić information content (AvgIpc) is 2.59. The van der Waals surface area contributed by atoms with E-state index in [2.05, 4.69) is 57.2 Å². The smallest absolute Gasteiger partial charge is 0.121 e. The van der Waals surface area contributed by atoms with Gasteiger partial charge in [0.2, 0.25) is 0 Å². The van der Waals surface area contributed by atoms with Crippen molar-refractivity contribution < 1.29 is 0 Å². The molecule has 2 heterocycles. The third-order valence-corrected chi connectivity index (χ3v) is 4.11. The Balaban J connectivity index is 1.46. The first kappa shape index (κ1) is 13.1. The molecule has 4 nitrogen and oxygen atoms in total. The molecule has 2 N–H and O–H groups in total. The first-order chi connectivity index (χ1) is 10.9. The van der Waals surface area contributed by atoms with Gasteiger partial charge in [0.1, 0.15) is 11.7 Å². The van der Waals surface area contributed by atoms with Crippen LogP contribution in [0.2, 0.25) is 0 Å². The number of nitrogens with zero attached hydrogens (tertiary/aromatic N) is 2. The van der Waals surface area contributed by atoms with Crippen molar-refractivity contribution in [2.45, 2.75) is 25.7 Å². The zero-order valence-corrected chi connectivity index (χ0v) is 12.3. The lowest BCUT2D eigenvalue weighted by molar-refractivity contribution is 0.788. The second kappa shape index (κ2) is 5.64. The number of rotatable bonds is 0. The predicted molar refractivity (Wildman–Crippen MR) is 90.0 cm³/mol. The molecule has 4 rings (SSSR count). The van der Waals surface area contributed by atoms with Gasteiger partial charge in [-0.1, -0.05) is 36.4 Å². The maximum atomic E-state index is 4.66. The number of para-hydroxylation sites is 2. The van der Waals surface area contributed by atoms with Gasteiger partial charge in [0.15, 0.2) is 0 Å². The van der Waals surface area contributed by atoms with E-state index in [9.17, 15) is 0 Å². The molecule has 22 heavy (non-hydrogen) atoms. The molecule has 4 heteroatoms. The number of hydrazine groups is 1. The Labute approximate surface area is 130 Å². The van der Waals surface area contributed by atoms with Gasteiger partial charge < -0.3 is 0 Å². The van der Waals surface area contributed by atoms with Crippen LogP contribution in [0.3, 0.4) is 0 Å². The lowest BCUT2D eigenvalue weighted by Gasteiger charge is -2.20. The van der Waals surface area contributed by atoms with Gasteiger partial charge in [-0.3, -0.25) is 10.9 Å². The first-order valence-electron chi connectivity index (χ1n) is 7.71. The minimum absolute atomic E-state index is 0.924. The molecule has 2 aromatic carbocycles. The largest absolute Gasteiger partial charge is 0.287 e. The van der Waals surface area contributed by atoms with Crippen molar-refractivity contribution >= 4 is 23.0 Å². The van der Waals surface area contributed by atoms with Crippen LogP contribution < -0.4 is 10.9 Å². The summed E-state index contributed by atoms with van der Waals surface area (Å²) in [5, 5.41) is 0. The fourth-order valence-corrected chi connectivity index (χ4v) is 2.90. The maximum Gasteiger partial charge on any atom is 0.121 e. The Bertz CT molecular complexity index is 696. The van der Waals surface area contributed by atoms with Crippen LogP contribution in [0.5, 0.6) is 0 Å². The number of hydrogen-bond donors (Lipinski definition) is 2. The molecule has 0 saturated carbocycles. The summed E-state index contributed by atoms with van der Waals surface area (Å²) in [5.74, 6) is 1.94. The van der Waals surface area contributed by atoms with Crippen molar-refractivity contribution in [3.05, 3.63) is 59.7 Å². The number of aryl methyl sites for hydroxylation is 2. The standard InChI is InChI=1S/C18H18N4/c1-3-7-15-13(5-1)9-11-17(19-15)21-22-18-12-10-14-6-2-4-8-16(14)20-18/h1-8H,9-12H2,(H,19,21)(H,20,22). The number of nitrogens with one attached hydrogen (secondary N) is 2. The zero-order chi connectivity index (χ0) is 14.8. The highest BCUT2D eigenvalue weighted by Crippen LogP contribution is 2.25. The molecule has 2 aliphatic heterocycles. The SMILES string of the molecule is c1ccc2c(c1)CCC(NNC1=Nc3ccccc3CC1)=N2. The number of amidine groups is 2. The van der Waals surface area contributed by atoms with Gasteiger partial charge in [-0.15, -0.1) is 0 Å². The van der Waals surface area contributed by atoms with Gasteiger partial charge in [0.05, 0.1) is 11.4 Å². The monoisotopic (exact) mass is 290 g/mol. The van der Waals surface area contributed by atoms with Crippen molar-refractivity contribution in [1.29, 1.82) is 0 Å². The summed E-state index contributed by atoms with van der Waals surface area (Å²) in [4.78, 5) is 9.32. The average molecular weight is 290 g/mol. The number of aliphatic imine (C=N–C) groups is 2. The third kappa shape index (κ3) is 2.60. The lowest BCUT2D eigenvalue weighted by Crippen LogP contribution is -2.42. The fourth-order valence-electron chi connectivity index (χ4n) is 2.90. The van der Waals surface area contributed by atoms with E-state index in [1.54, 1.807) is 0 Å². The number of fused-ring (bicyclic) bond motifs is 2. The van der Waals surface area contributed by atoms with Crippen LogP contribution in [0, 0.1) is 0 Å². The summed E-state index contributed by atoms with van der Waals surface area (Å²) in [6.07, 6.45) is 3.90. The molecule has 0 bridgehead atoms. The molecule has 0 saturated heterocycles. The second-order valence-corrected chi connectivity index (χ2v) is 5.62. The maximum absolute atomic E-state index is 4.66. The van der Waals surface area contributed by atoms with Gasteiger partial charge in [-0.05, 0) is 36.1 Å². The minimum Gasteiger partial charge on any atom is -0.287 e. The molecule has 0 aliphatic carbocycles. The molecule has 0 amide bonds. The first-order valence-corrected chi connectivity index (χ1v) is 7.71. The summed E-state index contributed by atoms with van der Waals surface area (Å²) < 4.78 is 0. The van der Waals surface area contributed by atoms with E-state index in [1.807, 2.05) is 12.1 Å². The van der Waals surface area contributed by atoms with Crippen LogP contribution in [-0.4, -0.2) is 11.7 Å². The number of benzene rings is 2. The summed E-state index contributed by atoms with van der Waals surface area (Å²) in [7, 11) is 0. The Kier molecular flexibility index (Phi) is 3.35. The van der Waals surface area contributed by atoms with Crippen LogP contribution >= 0.6 is 0 Å². The summed E-state index contributed by atoms with van der Waals surface area (Å²) in [5.41, 5.74) is 11.2. The predicted octanol–water partition coefficient (Wildman–Crippen LogP) is 3.43. The van der Waals surface area contributed by atoms with Crippen LogP contribution in [0.25, 0.3) is 0 Å². The van der Waals surface area contributed by atoms with Gasteiger partial charge in [0, 0.05) is 12.8 Å². The summed E-state index contributed by atoms with van der Waals surface area (Å²) in [6, 6.07) is 16.6. The van der Waals surface area contributed by atoms with Crippen LogP contribution in [-0.2, 0) is 12.8 Å². The third-order valence-electron chi connectivity index (χ3n) is 4.11. The van der Waals surface area contributed by atoms with Gasteiger partial charge in [-0.2, -0.15) is 0 Å². The van der Waals surface area contributed by atoms with Crippen molar-refractivity contribution in [1.82, 2.24) is 10.9 Å². The van der Waals surface area contributed by atoms with E-state index in [1.165, 1.54) is 11.1 Å². The molecule has 0 atom stereocenters. The van der Waals surface area contributed by atoms with E-state index in [0.29, 0.717) is 0 Å². The Morgan fingerprint density at radius 3 is 1.55 bits per heavy atom. The zero-order valence-electron chi connectivity index (χ0n) is 12.3. The Morgan fingerprint density at radius 1 is 0.591 bits per heavy atom. The topological polar surface area (TPSA) is 48.8 Å². The quantitative estimate of drug-likeness (QED) is 0.730. The highest BCUT2D eigenvalue weighted by atomic mass is 15.4. The lowest BCUT2D eigenvalue weighted by atomic mass is 10.0. The van der Waals surface area contributed by atoms with E-state index in [4.69, 9.17) is 0 Å². The fraction of sp³-hybridized carbons (Fsp3) is 0.222. The van der Waals surface area contributed by atoms with E-state index < -0.39 is 0 Å². The summed E-state index contributed by atoms with van der Waals surface area (Å²) >= 11 is 0. The molecule has 0 radical (unpaired) electrons. The Hall–Kier alpha value is -2.62. The molecule has 110 valence electrons. The van der Waals surface area contributed by atoms with Crippen molar-refractivity contribution in [3.8, 4) is 0 Å². The summed E-state index contributed by atoms with van der Waals surface area (Å²) in [6.45, 7) is 0. The van der Waals surface area contributed by atoms with Crippen molar-refractivity contribution in [3.63, 3.8) is 0 Å². The molecular formula is C18H18N4. The minimum atomic E-state index is 0.924. The van der Waals surface area contributed by atoms with E-state index >= 15 is 0 Å². The molecular weight excluding hydrogens is 272 g/mol. The van der Waals surface area contributed by atoms with Gasteiger partial charge in [0.25, 0.3) is 0 Å². The van der Waals surface area contributed by atoms with Crippen LogP contribution in [0.4, 0.5) is 11.4 Å². The molecule has 0 spiro atoms. The molecule has 2 aromatic rings. The highest BCUT2D eigenvalue weighted by Gasteiger charge is 2.13. The van der Waals surface area contributed by atoms with Crippen molar-refractivity contribution in [2.24, 2.45) is 9.98 Å². The molecule has 0 aromatic heterocycles. The van der Waals surface area contributed by atoms with Crippen LogP contribution in [0.1, 0.15) is 24.0 Å². The van der Waals surface area contributed by atoms with Gasteiger partial charge >= 0.3 is 0 Å². The Morgan fingerprint density at radius 2 is 1.05 bits per heavy atom. The van der Waals surface area contributed by atoms with Gasteiger partial charge in [-0.25, -0.2) is 9.98 Å². The molecule has 0 unspecified atom stereocenters. The van der Waals surface area contributed by atoms with E-state index in [0.717, 1.165) is 48.7 Å². The van der Waals surface area contributed by atoms with Crippen LogP contribution in [0.15, 0.2) is 58.5 Å². The molecule has 0 fully saturated rings. The normalized spacial score (nSPS) is 16.0.